The SMILES string of the molecule is COCCOc1c(F)c(CN=Cc2c[nH]c3ccccc23)nc(N2CCOCC2)c1F. The average molecular weight is 430 g/mol. The van der Waals surface area contributed by atoms with E-state index in [-0.39, 0.29) is 31.3 Å². The molecule has 0 atom stereocenters. The minimum atomic E-state index is -0.846. The van der Waals surface area contributed by atoms with Crippen LogP contribution >= 0.6 is 0 Å². The number of pyridine rings is 1. The molecule has 1 fully saturated rings. The Labute approximate surface area is 178 Å². The number of ether oxygens (including phenoxy) is 3. The van der Waals surface area contributed by atoms with Crippen molar-refractivity contribution in [1.82, 2.24) is 9.97 Å². The minimum absolute atomic E-state index is 0.0198. The van der Waals surface area contributed by atoms with E-state index >= 15 is 8.78 Å². The van der Waals surface area contributed by atoms with E-state index in [1.165, 1.54) is 7.11 Å². The highest BCUT2D eigenvalue weighted by molar-refractivity contribution is 5.98. The molecular weight excluding hydrogens is 406 g/mol. The van der Waals surface area contributed by atoms with Gasteiger partial charge in [-0.3, -0.25) is 4.99 Å². The molecule has 0 radical (unpaired) electrons. The molecule has 1 saturated heterocycles. The standard InChI is InChI=1S/C22H24F2N4O3/c1-29-10-11-31-21-19(23)18(27-22(20(21)24)28-6-8-30-9-7-28)14-25-12-15-13-26-17-5-3-2-4-16(15)17/h2-5,12-13,26H,6-11,14H2,1H3. The fraction of sp³-hybridized carbons (Fsp3) is 0.364. The van der Waals surface area contributed by atoms with Gasteiger partial charge in [-0.25, -0.2) is 9.37 Å². The van der Waals surface area contributed by atoms with Gasteiger partial charge in [0.05, 0.1) is 26.4 Å². The topological polar surface area (TPSA) is 72.0 Å². The molecule has 0 amide bonds. The molecule has 1 aromatic carbocycles. The minimum Gasteiger partial charge on any atom is -0.485 e. The molecule has 2 aromatic heterocycles. The molecular formula is C22H24F2N4O3. The van der Waals surface area contributed by atoms with Crippen LogP contribution in [-0.4, -0.2) is 62.8 Å². The average Bonchev–Trinajstić information content (AvgIpc) is 3.21. The van der Waals surface area contributed by atoms with Crippen molar-refractivity contribution in [2.45, 2.75) is 6.54 Å². The first kappa shape index (κ1) is 21.2. The number of hydrogen-bond acceptors (Lipinski definition) is 6. The van der Waals surface area contributed by atoms with Gasteiger partial charge in [0, 0.05) is 49.1 Å². The number of fused-ring (bicyclic) bond motifs is 1. The van der Waals surface area contributed by atoms with E-state index in [2.05, 4.69) is 15.0 Å². The number of para-hydroxylation sites is 1. The third-order valence-electron chi connectivity index (χ3n) is 5.03. The van der Waals surface area contributed by atoms with Crippen LogP contribution in [0.5, 0.6) is 5.75 Å². The normalized spacial score (nSPS) is 14.6. The fourth-order valence-electron chi connectivity index (χ4n) is 3.43. The van der Waals surface area contributed by atoms with Gasteiger partial charge < -0.3 is 24.1 Å². The number of hydrogen-bond donors (Lipinski definition) is 1. The molecule has 0 spiro atoms. The van der Waals surface area contributed by atoms with Crippen LogP contribution in [0.15, 0.2) is 35.5 Å². The number of methoxy groups -OCH3 is 1. The summed E-state index contributed by atoms with van der Waals surface area (Å²) in [5, 5.41) is 1.01. The molecule has 7 nitrogen and oxygen atoms in total. The van der Waals surface area contributed by atoms with E-state index in [1.54, 1.807) is 11.1 Å². The Morgan fingerprint density at radius 1 is 1.19 bits per heavy atom. The molecule has 1 aliphatic rings. The second-order valence-corrected chi connectivity index (χ2v) is 7.04. The predicted molar refractivity (Wildman–Crippen MR) is 114 cm³/mol. The lowest BCUT2D eigenvalue weighted by Gasteiger charge is -2.29. The Hall–Kier alpha value is -3.04. The second-order valence-electron chi connectivity index (χ2n) is 7.04. The van der Waals surface area contributed by atoms with Gasteiger partial charge in [-0.05, 0) is 6.07 Å². The molecule has 1 aliphatic heterocycles. The number of H-pyrrole nitrogens is 1. The maximum absolute atomic E-state index is 15.1. The molecule has 0 bridgehead atoms. The molecule has 0 unspecified atom stereocenters. The van der Waals surface area contributed by atoms with Crippen molar-refractivity contribution in [3.63, 3.8) is 0 Å². The number of rotatable bonds is 8. The summed E-state index contributed by atoms with van der Waals surface area (Å²) in [4.78, 5) is 13.5. The van der Waals surface area contributed by atoms with Crippen LogP contribution in [0, 0.1) is 11.6 Å². The van der Waals surface area contributed by atoms with Crippen LogP contribution in [0.25, 0.3) is 10.9 Å². The van der Waals surface area contributed by atoms with Crippen molar-refractivity contribution in [2.24, 2.45) is 4.99 Å². The zero-order chi connectivity index (χ0) is 21.6. The largest absolute Gasteiger partial charge is 0.485 e. The molecule has 31 heavy (non-hydrogen) atoms. The van der Waals surface area contributed by atoms with Crippen molar-refractivity contribution in [1.29, 1.82) is 0 Å². The van der Waals surface area contributed by atoms with Gasteiger partial charge in [0.25, 0.3) is 0 Å². The second kappa shape index (κ2) is 9.84. The fourth-order valence-corrected chi connectivity index (χ4v) is 3.43. The third-order valence-corrected chi connectivity index (χ3v) is 5.03. The summed E-state index contributed by atoms with van der Waals surface area (Å²) in [7, 11) is 1.49. The van der Waals surface area contributed by atoms with Gasteiger partial charge in [0.15, 0.2) is 17.4 Å². The van der Waals surface area contributed by atoms with E-state index in [1.807, 2.05) is 30.5 Å². The molecule has 4 rings (SSSR count). The quantitative estimate of drug-likeness (QED) is 0.439. The Morgan fingerprint density at radius 2 is 2.00 bits per heavy atom. The first-order valence-electron chi connectivity index (χ1n) is 10.1. The lowest BCUT2D eigenvalue weighted by atomic mass is 10.2. The number of aromatic amines is 1. The monoisotopic (exact) mass is 430 g/mol. The Bertz CT molecular complexity index is 1060. The maximum Gasteiger partial charge on any atom is 0.210 e. The molecule has 0 saturated carbocycles. The summed E-state index contributed by atoms with van der Waals surface area (Å²) in [6.45, 7) is 2.01. The van der Waals surface area contributed by atoms with Gasteiger partial charge in [0.1, 0.15) is 12.3 Å². The van der Waals surface area contributed by atoms with Crippen LogP contribution in [0.4, 0.5) is 14.6 Å². The van der Waals surface area contributed by atoms with Gasteiger partial charge >= 0.3 is 0 Å². The number of nitrogens with one attached hydrogen (secondary N) is 1. The van der Waals surface area contributed by atoms with Crippen LogP contribution in [0.2, 0.25) is 0 Å². The van der Waals surface area contributed by atoms with E-state index < -0.39 is 17.4 Å². The number of morpholine rings is 1. The smallest absolute Gasteiger partial charge is 0.210 e. The summed E-state index contributed by atoms with van der Waals surface area (Å²) >= 11 is 0. The first-order valence-corrected chi connectivity index (χ1v) is 10.1. The van der Waals surface area contributed by atoms with E-state index in [0.29, 0.717) is 26.3 Å². The highest BCUT2D eigenvalue weighted by Gasteiger charge is 2.26. The zero-order valence-corrected chi connectivity index (χ0v) is 17.2. The molecule has 3 aromatic rings. The van der Waals surface area contributed by atoms with E-state index in [4.69, 9.17) is 14.2 Å². The Kier molecular flexibility index (Phi) is 6.73. The number of aliphatic imine (C=N–C) groups is 1. The van der Waals surface area contributed by atoms with Crippen LogP contribution < -0.4 is 9.64 Å². The molecule has 0 aliphatic carbocycles. The first-order chi connectivity index (χ1) is 15.2. The van der Waals surface area contributed by atoms with Crippen molar-refractivity contribution >= 4 is 22.9 Å². The molecule has 1 N–H and O–H groups in total. The molecule has 9 heteroatoms. The third kappa shape index (κ3) is 4.67. The Morgan fingerprint density at radius 3 is 2.81 bits per heavy atom. The van der Waals surface area contributed by atoms with Crippen LogP contribution in [0.1, 0.15) is 11.3 Å². The van der Waals surface area contributed by atoms with Crippen LogP contribution in [-0.2, 0) is 16.0 Å². The lowest BCUT2D eigenvalue weighted by molar-refractivity contribution is 0.121. The molecule has 3 heterocycles. The van der Waals surface area contributed by atoms with Gasteiger partial charge in [-0.15, -0.1) is 0 Å². The number of benzene rings is 1. The summed E-state index contributed by atoms with van der Waals surface area (Å²) in [5.74, 6) is -2.07. The van der Waals surface area contributed by atoms with Crippen molar-refractivity contribution in [3.05, 3.63) is 53.4 Å². The van der Waals surface area contributed by atoms with Crippen LogP contribution in [0.3, 0.4) is 0 Å². The van der Waals surface area contributed by atoms with Gasteiger partial charge in [-0.2, -0.15) is 4.39 Å². The zero-order valence-electron chi connectivity index (χ0n) is 17.2. The number of halogens is 2. The lowest BCUT2D eigenvalue weighted by Crippen LogP contribution is -2.37. The van der Waals surface area contributed by atoms with E-state index in [9.17, 15) is 0 Å². The van der Waals surface area contributed by atoms with Crippen molar-refractivity contribution in [2.75, 3.05) is 51.5 Å². The van der Waals surface area contributed by atoms with Crippen molar-refractivity contribution in [3.8, 4) is 5.75 Å². The maximum atomic E-state index is 15.1. The summed E-state index contributed by atoms with van der Waals surface area (Å²) < 4.78 is 45.7. The summed E-state index contributed by atoms with van der Waals surface area (Å²) in [6, 6.07) is 7.82. The summed E-state index contributed by atoms with van der Waals surface area (Å²) in [5.41, 5.74) is 1.88. The number of aromatic nitrogens is 2. The van der Waals surface area contributed by atoms with Gasteiger partial charge in [-0.1, -0.05) is 18.2 Å². The predicted octanol–water partition coefficient (Wildman–Crippen LogP) is 3.32. The highest BCUT2D eigenvalue weighted by atomic mass is 19.1. The van der Waals surface area contributed by atoms with E-state index in [0.717, 1.165) is 16.5 Å². The highest BCUT2D eigenvalue weighted by Crippen LogP contribution is 2.31. The van der Waals surface area contributed by atoms with Gasteiger partial charge in [0.2, 0.25) is 5.82 Å². The number of anilines is 1. The van der Waals surface area contributed by atoms with Crippen molar-refractivity contribution < 1.29 is 23.0 Å². The molecule has 164 valence electrons. The number of nitrogens with zero attached hydrogens (tertiary/aromatic N) is 3. The Balaban J connectivity index is 1.62. The summed E-state index contributed by atoms with van der Waals surface area (Å²) in [6.07, 6.45) is 3.49.